The number of piperazine rings is 1. The van der Waals surface area contributed by atoms with E-state index in [0.717, 1.165) is 32.7 Å². The van der Waals surface area contributed by atoms with Gasteiger partial charge >= 0.3 is 0 Å². The van der Waals surface area contributed by atoms with Gasteiger partial charge in [-0.25, -0.2) is 0 Å². The highest BCUT2D eigenvalue weighted by molar-refractivity contribution is 5.98. The van der Waals surface area contributed by atoms with Crippen molar-refractivity contribution in [3.8, 4) is 11.5 Å². The van der Waals surface area contributed by atoms with Gasteiger partial charge in [0.05, 0.1) is 13.2 Å². The fourth-order valence-electron chi connectivity index (χ4n) is 2.82. The Morgan fingerprint density at radius 1 is 1.22 bits per heavy atom. The summed E-state index contributed by atoms with van der Waals surface area (Å²) in [4.78, 5) is 15.0. The zero-order chi connectivity index (χ0) is 16.8. The fraction of sp³-hybridized carbons (Fsp3) is 0.611. The van der Waals surface area contributed by atoms with Gasteiger partial charge in [-0.15, -0.1) is 0 Å². The number of ether oxygens (including phenoxy) is 2. The molecule has 0 amide bonds. The van der Waals surface area contributed by atoms with E-state index in [1.807, 2.05) is 32.9 Å². The highest BCUT2D eigenvalue weighted by Gasteiger charge is 2.21. The van der Waals surface area contributed by atoms with Crippen LogP contribution in [0.3, 0.4) is 0 Å². The Labute approximate surface area is 139 Å². The molecule has 0 saturated carbocycles. The number of hydrogen-bond acceptors (Lipinski definition) is 5. The Kier molecular flexibility index (Phi) is 6.42. The van der Waals surface area contributed by atoms with E-state index < -0.39 is 0 Å². The van der Waals surface area contributed by atoms with E-state index in [4.69, 9.17) is 9.47 Å². The third kappa shape index (κ3) is 4.94. The van der Waals surface area contributed by atoms with E-state index in [2.05, 4.69) is 10.2 Å². The van der Waals surface area contributed by atoms with Crippen molar-refractivity contribution in [2.45, 2.75) is 26.9 Å². The summed E-state index contributed by atoms with van der Waals surface area (Å²) >= 11 is 0. The summed E-state index contributed by atoms with van der Waals surface area (Å²) < 4.78 is 11.1. The quantitative estimate of drug-likeness (QED) is 0.781. The highest BCUT2D eigenvalue weighted by Crippen LogP contribution is 2.30. The van der Waals surface area contributed by atoms with Crippen LogP contribution in [0.5, 0.6) is 11.5 Å². The maximum Gasteiger partial charge on any atom is 0.167 e. The van der Waals surface area contributed by atoms with Crippen molar-refractivity contribution in [3.63, 3.8) is 0 Å². The molecule has 23 heavy (non-hydrogen) atoms. The second-order valence-electron chi connectivity index (χ2n) is 6.35. The molecule has 1 heterocycles. The zero-order valence-corrected chi connectivity index (χ0v) is 14.6. The van der Waals surface area contributed by atoms with Crippen LogP contribution >= 0.6 is 0 Å². The zero-order valence-electron chi connectivity index (χ0n) is 14.6. The molecule has 0 bridgehead atoms. The number of methoxy groups -OCH3 is 1. The molecule has 5 heteroatoms. The normalized spacial score (nSPS) is 17.1. The molecule has 1 saturated heterocycles. The van der Waals surface area contributed by atoms with Crippen molar-refractivity contribution in [3.05, 3.63) is 23.8 Å². The Morgan fingerprint density at radius 2 is 1.91 bits per heavy atom. The van der Waals surface area contributed by atoms with Gasteiger partial charge < -0.3 is 19.7 Å². The molecule has 1 N–H and O–H groups in total. The molecule has 1 aromatic carbocycles. The average Bonchev–Trinajstić information content (AvgIpc) is 2.55. The van der Waals surface area contributed by atoms with E-state index in [-0.39, 0.29) is 17.8 Å². The third-order valence-electron chi connectivity index (χ3n) is 4.00. The Morgan fingerprint density at radius 3 is 2.52 bits per heavy atom. The monoisotopic (exact) mass is 320 g/mol. The lowest BCUT2D eigenvalue weighted by atomic mass is 9.98. The molecule has 1 unspecified atom stereocenters. The SMILES string of the molecule is COc1cc(C(=O)C(C)CN2CCNCC2)ccc1OC(C)C. The molecular weight excluding hydrogens is 292 g/mol. The van der Waals surface area contributed by atoms with Crippen LogP contribution in [0.15, 0.2) is 18.2 Å². The number of nitrogens with zero attached hydrogens (tertiary/aromatic N) is 1. The van der Waals surface area contributed by atoms with Crippen LogP contribution in [-0.2, 0) is 0 Å². The maximum absolute atomic E-state index is 12.7. The van der Waals surface area contributed by atoms with E-state index in [1.54, 1.807) is 13.2 Å². The van der Waals surface area contributed by atoms with Crippen molar-refractivity contribution in [1.82, 2.24) is 10.2 Å². The number of benzene rings is 1. The van der Waals surface area contributed by atoms with Gasteiger partial charge in [-0.1, -0.05) is 6.92 Å². The molecule has 5 nitrogen and oxygen atoms in total. The summed E-state index contributed by atoms with van der Waals surface area (Å²) in [5.74, 6) is 1.40. The molecule has 1 aliphatic rings. The Bertz CT molecular complexity index is 525. The molecular formula is C18H28N2O3. The minimum absolute atomic E-state index is 0.0327. The predicted molar refractivity (Wildman–Crippen MR) is 91.6 cm³/mol. The molecule has 0 aromatic heterocycles. The molecule has 1 atom stereocenters. The van der Waals surface area contributed by atoms with Crippen molar-refractivity contribution >= 4 is 5.78 Å². The number of Topliss-reactive ketones (excluding diaryl/α,β-unsaturated/α-hetero) is 1. The number of carbonyl (C=O) groups is 1. The lowest BCUT2D eigenvalue weighted by Gasteiger charge is -2.29. The molecule has 1 aliphatic heterocycles. The summed E-state index contributed by atoms with van der Waals surface area (Å²) in [5.41, 5.74) is 0.681. The van der Waals surface area contributed by atoms with Crippen LogP contribution in [0.2, 0.25) is 0 Å². The summed E-state index contributed by atoms with van der Waals surface area (Å²) in [6, 6.07) is 5.44. The Balaban J connectivity index is 2.05. The minimum Gasteiger partial charge on any atom is -0.493 e. The smallest absolute Gasteiger partial charge is 0.167 e. The second-order valence-corrected chi connectivity index (χ2v) is 6.35. The molecule has 2 rings (SSSR count). The molecule has 0 spiro atoms. The van der Waals surface area contributed by atoms with Gasteiger partial charge in [0.1, 0.15) is 0 Å². The number of rotatable bonds is 7. The Hall–Kier alpha value is -1.59. The van der Waals surface area contributed by atoms with Crippen LogP contribution < -0.4 is 14.8 Å². The number of carbonyl (C=O) groups excluding carboxylic acids is 1. The molecule has 0 radical (unpaired) electrons. The van der Waals surface area contributed by atoms with E-state index >= 15 is 0 Å². The van der Waals surface area contributed by atoms with Gasteiger partial charge in [-0.05, 0) is 32.0 Å². The van der Waals surface area contributed by atoms with E-state index in [1.165, 1.54) is 0 Å². The fourth-order valence-corrected chi connectivity index (χ4v) is 2.82. The summed E-state index contributed by atoms with van der Waals surface area (Å²) in [7, 11) is 1.60. The van der Waals surface area contributed by atoms with Crippen LogP contribution in [0.25, 0.3) is 0 Å². The number of nitrogens with one attached hydrogen (secondary N) is 1. The second kappa shape index (κ2) is 8.31. The van der Waals surface area contributed by atoms with Crippen LogP contribution in [0, 0.1) is 5.92 Å². The van der Waals surface area contributed by atoms with Gasteiger partial charge in [0.15, 0.2) is 17.3 Å². The maximum atomic E-state index is 12.7. The van der Waals surface area contributed by atoms with Gasteiger partial charge in [0, 0.05) is 44.2 Å². The standard InChI is InChI=1S/C18H28N2O3/c1-13(2)23-16-6-5-15(11-17(16)22-4)18(21)14(3)12-20-9-7-19-8-10-20/h5-6,11,13-14,19H,7-10,12H2,1-4H3. The lowest BCUT2D eigenvalue weighted by molar-refractivity contribution is 0.0887. The molecule has 1 fully saturated rings. The van der Waals surface area contributed by atoms with Gasteiger partial charge in [0.25, 0.3) is 0 Å². The topological polar surface area (TPSA) is 50.8 Å². The van der Waals surface area contributed by atoms with Crippen molar-refractivity contribution in [2.24, 2.45) is 5.92 Å². The lowest BCUT2D eigenvalue weighted by Crippen LogP contribution is -2.45. The number of hydrogen-bond donors (Lipinski definition) is 1. The average molecular weight is 320 g/mol. The first kappa shape index (κ1) is 17.8. The van der Waals surface area contributed by atoms with Crippen molar-refractivity contribution in [2.75, 3.05) is 39.8 Å². The number of ketones is 1. The van der Waals surface area contributed by atoms with E-state index in [9.17, 15) is 4.79 Å². The van der Waals surface area contributed by atoms with Gasteiger partial charge in [0.2, 0.25) is 0 Å². The summed E-state index contributed by atoms with van der Waals surface area (Å²) in [6.07, 6.45) is 0.0667. The van der Waals surface area contributed by atoms with E-state index in [0.29, 0.717) is 17.1 Å². The minimum atomic E-state index is -0.0327. The first-order valence-corrected chi connectivity index (χ1v) is 8.33. The molecule has 128 valence electrons. The third-order valence-corrected chi connectivity index (χ3v) is 4.00. The summed E-state index contributed by atoms with van der Waals surface area (Å²) in [6.45, 7) is 10.7. The molecule has 1 aromatic rings. The first-order valence-electron chi connectivity index (χ1n) is 8.33. The van der Waals surface area contributed by atoms with Crippen LogP contribution in [-0.4, -0.2) is 56.6 Å². The highest BCUT2D eigenvalue weighted by atomic mass is 16.5. The largest absolute Gasteiger partial charge is 0.493 e. The van der Waals surface area contributed by atoms with Crippen LogP contribution in [0.1, 0.15) is 31.1 Å². The molecule has 0 aliphatic carbocycles. The predicted octanol–water partition coefficient (Wildman–Crippen LogP) is 2.21. The van der Waals surface area contributed by atoms with Gasteiger partial charge in [-0.2, -0.15) is 0 Å². The van der Waals surface area contributed by atoms with Crippen molar-refractivity contribution in [1.29, 1.82) is 0 Å². The first-order chi connectivity index (χ1) is 11.0. The van der Waals surface area contributed by atoms with Crippen LogP contribution in [0.4, 0.5) is 0 Å². The van der Waals surface area contributed by atoms with Gasteiger partial charge in [-0.3, -0.25) is 4.79 Å². The summed E-state index contributed by atoms with van der Waals surface area (Å²) in [5, 5.41) is 3.33. The van der Waals surface area contributed by atoms with Crippen molar-refractivity contribution < 1.29 is 14.3 Å².